The number of carbonyl (C=O) groups is 1. The molecule has 2 aromatic carbocycles. The lowest BCUT2D eigenvalue weighted by molar-refractivity contribution is -0.129. The first-order valence-corrected chi connectivity index (χ1v) is 9.18. The Labute approximate surface area is 174 Å². The van der Waals surface area contributed by atoms with Crippen molar-refractivity contribution in [1.82, 2.24) is 9.88 Å². The van der Waals surface area contributed by atoms with Crippen molar-refractivity contribution in [1.29, 1.82) is 0 Å². The molecule has 31 heavy (non-hydrogen) atoms. The number of likely N-dealkylation sites (N-methyl/N-ethyl adjacent to an activating group) is 1. The maximum atomic E-state index is 14.6. The Morgan fingerprint density at radius 2 is 1.68 bits per heavy atom. The summed E-state index contributed by atoms with van der Waals surface area (Å²) in [6.07, 6.45) is -1.71. The smallest absolute Gasteiger partial charge is 0.280 e. The van der Waals surface area contributed by atoms with Crippen molar-refractivity contribution in [3.05, 3.63) is 89.2 Å². The number of benzene rings is 2. The van der Waals surface area contributed by atoms with Gasteiger partial charge in [0.15, 0.2) is 11.5 Å². The van der Waals surface area contributed by atoms with Crippen LogP contribution in [0.3, 0.4) is 0 Å². The van der Waals surface area contributed by atoms with Gasteiger partial charge in [-0.3, -0.25) is 14.7 Å². The molecule has 0 fully saturated rings. The number of amides is 1. The van der Waals surface area contributed by atoms with Gasteiger partial charge in [-0.2, -0.15) is 0 Å². The molecule has 9 heteroatoms. The van der Waals surface area contributed by atoms with E-state index in [0.717, 1.165) is 23.2 Å². The highest BCUT2D eigenvalue weighted by atomic mass is 19.3. The Kier molecular flexibility index (Phi) is 4.96. The van der Waals surface area contributed by atoms with Crippen molar-refractivity contribution in [2.24, 2.45) is 10.7 Å². The molecule has 0 bridgehead atoms. The van der Waals surface area contributed by atoms with E-state index in [4.69, 9.17) is 5.73 Å². The van der Waals surface area contributed by atoms with E-state index in [9.17, 15) is 22.4 Å². The van der Waals surface area contributed by atoms with Crippen LogP contribution in [0.4, 0.5) is 17.6 Å². The fraction of sp³-hybridized carbons (Fsp3) is 0.136. The van der Waals surface area contributed by atoms with Crippen molar-refractivity contribution < 1.29 is 22.4 Å². The minimum atomic E-state index is -2.87. The van der Waals surface area contributed by atoms with Gasteiger partial charge in [0.05, 0.1) is 0 Å². The number of pyridine rings is 1. The standard InChI is InChI=1S/C22H16F4N4O/c1-30-20(31)22(29-21(30)27,14-8-9-28-18(11-14)19(25)26)13-4-7-17(24)16(10-13)12-2-5-15(23)6-3-12/h2-11,19H,1H3,(H2,27,29). The summed E-state index contributed by atoms with van der Waals surface area (Å²) in [6.45, 7) is 0. The first kappa shape index (κ1) is 20.5. The van der Waals surface area contributed by atoms with Gasteiger partial charge in [0.25, 0.3) is 12.3 Å². The SMILES string of the molecule is CN1C(=O)C(c2ccnc(C(F)F)c2)(c2ccc(F)c(-c3ccc(F)cc3)c2)N=C1N. The molecule has 0 radical (unpaired) electrons. The highest BCUT2D eigenvalue weighted by molar-refractivity contribution is 6.09. The van der Waals surface area contributed by atoms with Gasteiger partial charge in [-0.05, 0) is 53.1 Å². The predicted octanol–water partition coefficient (Wildman–Crippen LogP) is 3.99. The van der Waals surface area contributed by atoms with E-state index in [1.165, 1.54) is 49.5 Å². The summed E-state index contributed by atoms with van der Waals surface area (Å²) in [5, 5.41) is 0. The Hall–Kier alpha value is -3.75. The largest absolute Gasteiger partial charge is 0.369 e. The normalized spacial score (nSPS) is 18.6. The van der Waals surface area contributed by atoms with Crippen molar-refractivity contribution in [2.45, 2.75) is 12.0 Å². The zero-order chi connectivity index (χ0) is 22.3. The molecular weight excluding hydrogens is 412 g/mol. The number of aliphatic imine (C=N–C) groups is 1. The Balaban J connectivity index is 1.96. The van der Waals surface area contributed by atoms with Crippen LogP contribution in [0.5, 0.6) is 0 Å². The fourth-order valence-electron chi connectivity index (χ4n) is 3.58. The van der Waals surface area contributed by atoms with E-state index in [-0.39, 0.29) is 22.6 Å². The number of carbonyl (C=O) groups excluding carboxylic acids is 1. The number of hydrogen-bond acceptors (Lipinski definition) is 4. The number of nitrogens with two attached hydrogens (primary N) is 1. The number of nitrogens with zero attached hydrogens (tertiary/aromatic N) is 3. The van der Waals surface area contributed by atoms with Crippen LogP contribution in [0.1, 0.15) is 23.2 Å². The summed E-state index contributed by atoms with van der Waals surface area (Å²) >= 11 is 0. The van der Waals surface area contributed by atoms with Crippen LogP contribution in [0, 0.1) is 11.6 Å². The highest BCUT2D eigenvalue weighted by Crippen LogP contribution is 2.41. The first-order valence-electron chi connectivity index (χ1n) is 9.18. The number of guanidine groups is 1. The minimum Gasteiger partial charge on any atom is -0.369 e. The monoisotopic (exact) mass is 428 g/mol. The summed E-state index contributed by atoms with van der Waals surface area (Å²) in [6, 6.07) is 11.5. The molecule has 1 unspecified atom stereocenters. The van der Waals surface area contributed by atoms with Crippen molar-refractivity contribution >= 4 is 11.9 Å². The number of aromatic nitrogens is 1. The molecular formula is C22H16F4N4O. The van der Waals surface area contributed by atoms with Crippen LogP contribution >= 0.6 is 0 Å². The van der Waals surface area contributed by atoms with Gasteiger partial charge in [-0.25, -0.2) is 22.6 Å². The number of halogens is 4. The molecule has 0 saturated heterocycles. The molecule has 158 valence electrons. The van der Waals surface area contributed by atoms with E-state index >= 15 is 0 Å². The Bertz CT molecular complexity index is 1200. The predicted molar refractivity (Wildman–Crippen MR) is 106 cm³/mol. The minimum absolute atomic E-state index is 0.0936. The highest BCUT2D eigenvalue weighted by Gasteiger charge is 2.50. The second-order valence-electron chi connectivity index (χ2n) is 7.02. The van der Waals surface area contributed by atoms with Crippen LogP contribution in [-0.2, 0) is 10.3 Å². The van der Waals surface area contributed by atoms with Gasteiger partial charge >= 0.3 is 0 Å². The zero-order valence-electron chi connectivity index (χ0n) is 16.2. The fourth-order valence-corrected chi connectivity index (χ4v) is 3.58. The molecule has 2 N–H and O–H groups in total. The van der Waals surface area contributed by atoms with E-state index in [2.05, 4.69) is 9.98 Å². The van der Waals surface area contributed by atoms with E-state index < -0.39 is 35.2 Å². The third-order valence-electron chi connectivity index (χ3n) is 5.20. The molecule has 4 rings (SSSR count). The third-order valence-corrected chi connectivity index (χ3v) is 5.20. The lowest BCUT2D eigenvalue weighted by Crippen LogP contribution is -2.41. The molecule has 0 aliphatic carbocycles. The summed E-state index contributed by atoms with van der Waals surface area (Å²) in [4.78, 5) is 22.3. The second kappa shape index (κ2) is 7.50. The summed E-state index contributed by atoms with van der Waals surface area (Å²) in [7, 11) is 1.41. The summed E-state index contributed by atoms with van der Waals surface area (Å²) in [5.74, 6) is -1.80. The van der Waals surface area contributed by atoms with Crippen molar-refractivity contribution in [3.8, 4) is 11.1 Å². The maximum Gasteiger partial charge on any atom is 0.280 e. The lowest BCUT2D eigenvalue weighted by Gasteiger charge is -2.27. The molecule has 0 saturated carbocycles. The molecule has 1 aliphatic rings. The molecule has 1 amide bonds. The average molecular weight is 428 g/mol. The van der Waals surface area contributed by atoms with Crippen LogP contribution < -0.4 is 5.73 Å². The molecule has 5 nitrogen and oxygen atoms in total. The molecule has 2 heterocycles. The average Bonchev–Trinajstić information content (AvgIpc) is 3.00. The lowest BCUT2D eigenvalue weighted by atomic mass is 9.81. The number of hydrogen-bond donors (Lipinski definition) is 1. The van der Waals surface area contributed by atoms with Gasteiger partial charge in [0.1, 0.15) is 17.3 Å². The van der Waals surface area contributed by atoms with E-state index in [1.54, 1.807) is 0 Å². The van der Waals surface area contributed by atoms with Crippen molar-refractivity contribution in [3.63, 3.8) is 0 Å². The van der Waals surface area contributed by atoms with E-state index in [0.29, 0.717) is 5.56 Å². The van der Waals surface area contributed by atoms with Crippen LogP contribution in [0.2, 0.25) is 0 Å². The number of rotatable bonds is 4. The molecule has 3 aromatic rings. The quantitative estimate of drug-likeness (QED) is 0.639. The van der Waals surface area contributed by atoms with Gasteiger partial charge in [-0.1, -0.05) is 18.2 Å². The van der Waals surface area contributed by atoms with Gasteiger partial charge in [0, 0.05) is 18.8 Å². The van der Waals surface area contributed by atoms with Gasteiger partial charge in [-0.15, -0.1) is 0 Å². The van der Waals surface area contributed by atoms with Crippen LogP contribution in [0.15, 0.2) is 65.8 Å². The maximum absolute atomic E-state index is 14.6. The zero-order valence-corrected chi connectivity index (χ0v) is 16.2. The topological polar surface area (TPSA) is 71.6 Å². The van der Waals surface area contributed by atoms with Gasteiger partial charge < -0.3 is 5.73 Å². The van der Waals surface area contributed by atoms with Crippen molar-refractivity contribution in [2.75, 3.05) is 7.05 Å². The molecule has 1 atom stereocenters. The second-order valence-corrected chi connectivity index (χ2v) is 7.02. The molecule has 1 aromatic heterocycles. The van der Waals surface area contributed by atoms with E-state index in [1.807, 2.05) is 0 Å². The first-order chi connectivity index (χ1) is 14.7. The van der Waals surface area contributed by atoms with Gasteiger partial charge in [0.2, 0.25) is 0 Å². The Morgan fingerprint density at radius 1 is 1.00 bits per heavy atom. The summed E-state index contributed by atoms with van der Waals surface area (Å²) in [5.41, 5.74) is 4.36. The third kappa shape index (κ3) is 3.31. The summed E-state index contributed by atoms with van der Waals surface area (Å²) < 4.78 is 54.5. The number of alkyl halides is 2. The Morgan fingerprint density at radius 3 is 2.29 bits per heavy atom. The molecule has 0 spiro atoms. The van der Waals surface area contributed by atoms with Crippen LogP contribution in [-0.4, -0.2) is 28.8 Å². The van der Waals surface area contributed by atoms with Crippen LogP contribution in [0.25, 0.3) is 11.1 Å². The molecule has 1 aliphatic heterocycles.